The van der Waals surface area contributed by atoms with Gasteiger partial charge in [-0.3, -0.25) is 4.79 Å². The Balaban J connectivity index is 2.09. The van der Waals surface area contributed by atoms with Crippen molar-refractivity contribution in [2.45, 2.75) is 26.7 Å². The van der Waals surface area contributed by atoms with Gasteiger partial charge in [0.15, 0.2) is 0 Å². The van der Waals surface area contributed by atoms with Crippen LogP contribution in [0.2, 0.25) is 0 Å². The third-order valence-electron chi connectivity index (χ3n) is 2.94. The molecule has 0 unspecified atom stereocenters. The van der Waals surface area contributed by atoms with Crippen molar-refractivity contribution >= 4 is 17.3 Å². The Kier molecular flexibility index (Phi) is 3.47. The van der Waals surface area contributed by atoms with E-state index < -0.39 is 0 Å². The minimum absolute atomic E-state index is 0.0160. The van der Waals surface area contributed by atoms with Crippen molar-refractivity contribution in [3.05, 3.63) is 35.4 Å². The fourth-order valence-electron chi connectivity index (χ4n) is 2.01. The Morgan fingerprint density at radius 1 is 1.53 bits per heavy atom. The maximum Gasteiger partial charge on any atom is 0.250 e. The summed E-state index contributed by atoms with van der Waals surface area (Å²) in [6.45, 7) is 4.85. The van der Waals surface area contributed by atoms with Gasteiger partial charge in [0.1, 0.15) is 0 Å². The van der Waals surface area contributed by atoms with Crippen LogP contribution in [0.1, 0.15) is 25.8 Å². The number of allylic oxidation sites excluding steroid dienone is 1. The van der Waals surface area contributed by atoms with E-state index in [0.717, 1.165) is 30.6 Å². The summed E-state index contributed by atoms with van der Waals surface area (Å²) < 4.78 is 0. The van der Waals surface area contributed by atoms with Crippen molar-refractivity contribution in [1.29, 1.82) is 0 Å². The van der Waals surface area contributed by atoms with E-state index in [2.05, 4.69) is 10.6 Å². The molecule has 0 spiro atoms. The smallest absolute Gasteiger partial charge is 0.250 e. The monoisotopic (exact) mass is 230 g/mol. The molecule has 2 rings (SSSR count). The van der Waals surface area contributed by atoms with Gasteiger partial charge in [0, 0.05) is 23.5 Å². The molecule has 2 N–H and O–H groups in total. The molecule has 1 aliphatic heterocycles. The van der Waals surface area contributed by atoms with E-state index in [4.69, 9.17) is 0 Å². The maximum atomic E-state index is 11.8. The minimum Gasteiger partial charge on any atom is -0.384 e. The molecular weight excluding hydrogens is 212 g/mol. The molecule has 1 amide bonds. The van der Waals surface area contributed by atoms with Gasteiger partial charge in [-0.2, -0.15) is 0 Å². The number of rotatable bonds is 3. The summed E-state index contributed by atoms with van der Waals surface area (Å²) in [5.41, 5.74) is 4.11. The zero-order valence-electron chi connectivity index (χ0n) is 10.3. The lowest BCUT2D eigenvalue weighted by Gasteiger charge is -2.07. The molecular formula is C14H18N2O. The topological polar surface area (TPSA) is 41.1 Å². The van der Waals surface area contributed by atoms with Crippen molar-refractivity contribution in [3.8, 4) is 0 Å². The van der Waals surface area contributed by atoms with Crippen LogP contribution < -0.4 is 10.6 Å². The number of amides is 1. The summed E-state index contributed by atoms with van der Waals surface area (Å²) in [5, 5.41) is 6.22. The highest BCUT2D eigenvalue weighted by atomic mass is 16.1. The van der Waals surface area contributed by atoms with Gasteiger partial charge < -0.3 is 10.6 Å². The normalized spacial score (nSPS) is 14.1. The van der Waals surface area contributed by atoms with E-state index in [-0.39, 0.29) is 5.91 Å². The summed E-state index contributed by atoms with van der Waals surface area (Å²) in [7, 11) is 0. The highest BCUT2D eigenvalue weighted by Crippen LogP contribution is 2.25. The molecule has 1 heterocycles. The zero-order chi connectivity index (χ0) is 12.3. The number of fused-ring (bicyclic) bond motifs is 1. The lowest BCUT2D eigenvalue weighted by molar-refractivity contribution is -0.112. The van der Waals surface area contributed by atoms with Crippen molar-refractivity contribution < 1.29 is 4.79 Å². The van der Waals surface area contributed by atoms with Crippen molar-refractivity contribution in [2.75, 3.05) is 17.2 Å². The first-order valence-corrected chi connectivity index (χ1v) is 6.05. The van der Waals surface area contributed by atoms with E-state index in [1.807, 2.05) is 38.1 Å². The van der Waals surface area contributed by atoms with Crippen LogP contribution in [0.4, 0.5) is 11.4 Å². The van der Waals surface area contributed by atoms with E-state index in [1.54, 1.807) is 0 Å². The molecule has 1 aromatic carbocycles. The SMILES string of the molecule is CCC=C(C)C(=O)Nc1ccc2c(c1)CCN2. The van der Waals surface area contributed by atoms with Crippen LogP contribution in [0.3, 0.4) is 0 Å². The predicted molar refractivity (Wildman–Crippen MR) is 71.3 cm³/mol. The summed E-state index contributed by atoms with van der Waals surface area (Å²) >= 11 is 0. The molecule has 0 aromatic heterocycles. The predicted octanol–water partition coefficient (Wildman–Crippen LogP) is 2.95. The molecule has 90 valence electrons. The van der Waals surface area contributed by atoms with E-state index in [9.17, 15) is 4.79 Å². The molecule has 0 fully saturated rings. The molecule has 0 atom stereocenters. The second-order valence-corrected chi connectivity index (χ2v) is 4.30. The van der Waals surface area contributed by atoms with Gasteiger partial charge >= 0.3 is 0 Å². The number of benzene rings is 1. The number of nitrogens with one attached hydrogen (secondary N) is 2. The summed E-state index contributed by atoms with van der Waals surface area (Å²) in [6, 6.07) is 6.01. The average Bonchev–Trinajstić information content (AvgIpc) is 2.76. The lowest BCUT2D eigenvalue weighted by atomic mass is 10.1. The number of hydrogen-bond donors (Lipinski definition) is 2. The van der Waals surface area contributed by atoms with Crippen LogP contribution in [-0.2, 0) is 11.2 Å². The summed E-state index contributed by atoms with van der Waals surface area (Å²) in [5.74, 6) is -0.0160. The van der Waals surface area contributed by atoms with Gasteiger partial charge in [-0.05, 0) is 43.5 Å². The average molecular weight is 230 g/mol. The Morgan fingerprint density at radius 2 is 2.35 bits per heavy atom. The number of anilines is 2. The van der Waals surface area contributed by atoms with Crippen LogP contribution in [-0.4, -0.2) is 12.5 Å². The van der Waals surface area contributed by atoms with Crippen LogP contribution in [0.5, 0.6) is 0 Å². The second-order valence-electron chi connectivity index (χ2n) is 4.30. The first-order chi connectivity index (χ1) is 8.20. The van der Waals surface area contributed by atoms with E-state index in [0.29, 0.717) is 0 Å². The Hall–Kier alpha value is -1.77. The largest absolute Gasteiger partial charge is 0.384 e. The first-order valence-electron chi connectivity index (χ1n) is 6.05. The standard InChI is InChI=1S/C14H18N2O/c1-3-4-10(2)14(17)16-12-5-6-13-11(9-12)7-8-15-13/h4-6,9,15H,3,7-8H2,1-2H3,(H,16,17). The molecule has 0 bridgehead atoms. The van der Waals surface area contributed by atoms with Gasteiger partial charge in [-0.1, -0.05) is 13.0 Å². The fourth-order valence-corrected chi connectivity index (χ4v) is 2.01. The van der Waals surface area contributed by atoms with Crippen LogP contribution in [0.25, 0.3) is 0 Å². The van der Waals surface area contributed by atoms with Crippen LogP contribution in [0, 0.1) is 0 Å². The lowest BCUT2D eigenvalue weighted by Crippen LogP contribution is -2.12. The third-order valence-corrected chi connectivity index (χ3v) is 2.94. The number of carbonyl (C=O) groups is 1. The maximum absolute atomic E-state index is 11.8. The molecule has 3 nitrogen and oxygen atoms in total. The van der Waals surface area contributed by atoms with Gasteiger partial charge in [0.25, 0.3) is 5.91 Å². The van der Waals surface area contributed by atoms with Gasteiger partial charge in [-0.15, -0.1) is 0 Å². The van der Waals surface area contributed by atoms with E-state index in [1.165, 1.54) is 11.3 Å². The molecule has 0 saturated carbocycles. The molecule has 0 saturated heterocycles. The number of hydrogen-bond acceptors (Lipinski definition) is 2. The van der Waals surface area contributed by atoms with E-state index >= 15 is 0 Å². The molecule has 3 heteroatoms. The highest BCUT2D eigenvalue weighted by molar-refractivity contribution is 6.03. The Labute approximate surface area is 102 Å². The first kappa shape index (κ1) is 11.7. The molecule has 0 aliphatic carbocycles. The molecule has 1 aliphatic rings. The fraction of sp³-hybridized carbons (Fsp3) is 0.357. The molecule has 17 heavy (non-hydrogen) atoms. The number of carbonyl (C=O) groups excluding carboxylic acids is 1. The third kappa shape index (κ3) is 2.67. The van der Waals surface area contributed by atoms with Crippen molar-refractivity contribution in [2.24, 2.45) is 0 Å². The Bertz CT molecular complexity index is 463. The van der Waals surface area contributed by atoms with Crippen LogP contribution >= 0.6 is 0 Å². The van der Waals surface area contributed by atoms with Crippen molar-refractivity contribution in [1.82, 2.24) is 0 Å². The zero-order valence-corrected chi connectivity index (χ0v) is 10.3. The van der Waals surface area contributed by atoms with Crippen LogP contribution in [0.15, 0.2) is 29.8 Å². The molecule has 0 radical (unpaired) electrons. The second kappa shape index (κ2) is 5.04. The minimum atomic E-state index is -0.0160. The summed E-state index contributed by atoms with van der Waals surface area (Å²) in [6.07, 6.45) is 3.85. The van der Waals surface area contributed by atoms with Gasteiger partial charge in [0.2, 0.25) is 0 Å². The quantitative estimate of drug-likeness (QED) is 0.784. The molecule has 1 aromatic rings. The van der Waals surface area contributed by atoms with Gasteiger partial charge in [-0.25, -0.2) is 0 Å². The Morgan fingerprint density at radius 3 is 3.12 bits per heavy atom. The summed E-state index contributed by atoms with van der Waals surface area (Å²) in [4.78, 5) is 11.8. The highest BCUT2D eigenvalue weighted by Gasteiger charge is 2.11. The van der Waals surface area contributed by atoms with Crippen molar-refractivity contribution in [3.63, 3.8) is 0 Å². The van der Waals surface area contributed by atoms with Gasteiger partial charge in [0.05, 0.1) is 0 Å².